The Morgan fingerprint density at radius 2 is 1.88 bits per heavy atom. The van der Waals surface area contributed by atoms with E-state index in [1.807, 2.05) is 18.2 Å². The molecule has 2 rings (SSSR count). The highest BCUT2D eigenvalue weighted by atomic mass is 35.5. The summed E-state index contributed by atoms with van der Waals surface area (Å²) in [5, 5.41) is 6.73. The minimum atomic E-state index is 0.259. The topological polar surface area (TPSA) is 12.0 Å². The first kappa shape index (κ1) is 11.8. The third-order valence-corrected chi connectivity index (χ3v) is 3.71. The SMILES string of the molecule is CC(Nc1cc(Cl)cc(Cl)c1)c1cccs1. The van der Waals surface area contributed by atoms with Gasteiger partial charge < -0.3 is 5.32 Å². The fourth-order valence-electron chi connectivity index (χ4n) is 1.50. The van der Waals surface area contributed by atoms with Crippen LogP contribution in [0.25, 0.3) is 0 Å². The molecular weight excluding hydrogens is 261 g/mol. The number of hydrogen-bond donors (Lipinski definition) is 1. The van der Waals surface area contributed by atoms with Gasteiger partial charge in [-0.2, -0.15) is 0 Å². The Morgan fingerprint density at radius 3 is 2.44 bits per heavy atom. The van der Waals surface area contributed by atoms with Crippen molar-refractivity contribution < 1.29 is 0 Å². The zero-order chi connectivity index (χ0) is 11.5. The molecule has 1 unspecified atom stereocenters. The van der Waals surface area contributed by atoms with Crippen molar-refractivity contribution in [2.45, 2.75) is 13.0 Å². The molecule has 1 aromatic carbocycles. The molecule has 0 aliphatic rings. The Morgan fingerprint density at radius 1 is 1.19 bits per heavy atom. The monoisotopic (exact) mass is 271 g/mol. The second kappa shape index (κ2) is 5.09. The number of rotatable bonds is 3. The van der Waals surface area contributed by atoms with Crippen molar-refractivity contribution in [2.75, 3.05) is 5.32 Å². The van der Waals surface area contributed by atoms with Crippen molar-refractivity contribution in [3.8, 4) is 0 Å². The summed E-state index contributed by atoms with van der Waals surface area (Å²) < 4.78 is 0. The molecule has 0 amide bonds. The number of hydrogen-bond acceptors (Lipinski definition) is 2. The van der Waals surface area contributed by atoms with Gasteiger partial charge >= 0.3 is 0 Å². The largest absolute Gasteiger partial charge is 0.378 e. The molecule has 1 nitrogen and oxygen atoms in total. The van der Waals surface area contributed by atoms with Crippen molar-refractivity contribution in [2.24, 2.45) is 0 Å². The van der Waals surface area contributed by atoms with Crippen LogP contribution in [0.5, 0.6) is 0 Å². The third-order valence-electron chi connectivity index (χ3n) is 2.22. The van der Waals surface area contributed by atoms with E-state index >= 15 is 0 Å². The lowest BCUT2D eigenvalue weighted by Gasteiger charge is -2.14. The lowest BCUT2D eigenvalue weighted by Crippen LogP contribution is -2.04. The maximum Gasteiger partial charge on any atom is 0.0578 e. The highest BCUT2D eigenvalue weighted by molar-refractivity contribution is 7.10. The first-order valence-electron chi connectivity index (χ1n) is 4.91. The number of benzene rings is 1. The van der Waals surface area contributed by atoms with Gasteiger partial charge in [0, 0.05) is 20.6 Å². The molecule has 1 heterocycles. The average molecular weight is 272 g/mol. The molecule has 0 bridgehead atoms. The van der Waals surface area contributed by atoms with E-state index in [0.29, 0.717) is 10.0 Å². The van der Waals surface area contributed by atoms with E-state index in [9.17, 15) is 0 Å². The van der Waals surface area contributed by atoms with Crippen LogP contribution in [0.15, 0.2) is 35.7 Å². The van der Waals surface area contributed by atoms with Crippen LogP contribution in [0.1, 0.15) is 17.8 Å². The summed E-state index contributed by atoms with van der Waals surface area (Å²) >= 11 is 13.6. The predicted molar refractivity (Wildman–Crippen MR) is 72.8 cm³/mol. The normalized spacial score (nSPS) is 12.4. The van der Waals surface area contributed by atoms with Crippen LogP contribution in [0.3, 0.4) is 0 Å². The van der Waals surface area contributed by atoms with Gasteiger partial charge in [-0.15, -0.1) is 11.3 Å². The Kier molecular flexibility index (Phi) is 3.74. The predicted octanol–water partition coefficient (Wildman–Crippen LogP) is 5.23. The summed E-state index contributed by atoms with van der Waals surface area (Å²) in [5.41, 5.74) is 0.943. The number of halogens is 2. The average Bonchev–Trinajstić information content (AvgIpc) is 2.68. The Hall–Kier alpha value is -0.700. The number of anilines is 1. The summed E-state index contributed by atoms with van der Waals surface area (Å²) in [6, 6.07) is 9.88. The van der Waals surface area contributed by atoms with Crippen LogP contribution < -0.4 is 5.32 Å². The fourth-order valence-corrected chi connectivity index (χ4v) is 2.76. The highest BCUT2D eigenvalue weighted by Gasteiger charge is 2.06. The maximum atomic E-state index is 5.94. The second-order valence-corrected chi connectivity index (χ2v) is 5.39. The minimum absolute atomic E-state index is 0.259. The van der Waals surface area contributed by atoms with E-state index in [0.717, 1.165) is 5.69 Å². The molecule has 16 heavy (non-hydrogen) atoms. The molecule has 0 spiro atoms. The van der Waals surface area contributed by atoms with Gasteiger partial charge in [0.15, 0.2) is 0 Å². The van der Waals surface area contributed by atoms with Crippen LogP contribution in [0.4, 0.5) is 5.69 Å². The van der Waals surface area contributed by atoms with Crippen molar-refractivity contribution in [3.05, 3.63) is 50.6 Å². The van der Waals surface area contributed by atoms with Crippen LogP contribution in [-0.2, 0) is 0 Å². The van der Waals surface area contributed by atoms with E-state index in [-0.39, 0.29) is 6.04 Å². The van der Waals surface area contributed by atoms with Gasteiger partial charge in [0.25, 0.3) is 0 Å². The molecule has 1 N–H and O–H groups in total. The van der Waals surface area contributed by atoms with Crippen LogP contribution in [0, 0.1) is 0 Å². The number of nitrogens with one attached hydrogen (secondary N) is 1. The fraction of sp³-hybridized carbons (Fsp3) is 0.167. The Labute approximate surface area is 109 Å². The van der Waals surface area contributed by atoms with Crippen LogP contribution in [0.2, 0.25) is 10.0 Å². The van der Waals surface area contributed by atoms with Gasteiger partial charge in [0.05, 0.1) is 6.04 Å². The van der Waals surface area contributed by atoms with Gasteiger partial charge in [0.1, 0.15) is 0 Å². The van der Waals surface area contributed by atoms with Crippen molar-refractivity contribution >= 4 is 40.2 Å². The molecule has 0 fully saturated rings. The molecule has 0 aliphatic heterocycles. The molecule has 0 saturated carbocycles. The Balaban J connectivity index is 2.15. The zero-order valence-corrected chi connectivity index (χ0v) is 11.0. The van der Waals surface area contributed by atoms with Crippen LogP contribution in [-0.4, -0.2) is 0 Å². The molecule has 0 aliphatic carbocycles. The Bertz CT molecular complexity index is 448. The smallest absolute Gasteiger partial charge is 0.0578 e. The molecule has 84 valence electrons. The molecule has 2 aromatic rings. The standard InChI is InChI=1S/C12H11Cl2NS/c1-8(12-3-2-4-16-12)15-11-6-9(13)5-10(14)7-11/h2-8,15H,1H3. The van der Waals surface area contributed by atoms with E-state index < -0.39 is 0 Å². The van der Waals surface area contributed by atoms with Gasteiger partial charge in [-0.1, -0.05) is 29.3 Å². The molecule has 0 radical (unpaired) electrons. The molecular formula is C12H11Cl2NS. The quantitative estimate of drug-likeness (QED) is 0.806. The van der Waals surface area contributed by atoms with Gasteiger partial charge in [-0.25, -0.2) is 0 Å². The minimum Gasteiger partial charge on any atom is -0.378 e. The van der Waals surface area contributed by atoms with Gasteiger partial charge in [0.2, 0.25) is 0 Å². The summed E-state index contributed by atoms with van der Waals surface area (Å²) in [6.45, 7) is 2.11. The van der Waals surface area contributed by atoms with E-state index in [1.165, 1.54) is 4.88 Å². The summed E-state index contributed by atoms with van der Waals surface area (Å²) in [7, 11) is 0. The van der Waals surface area contributed by atoms with E-state index in [4.69, 9.17) is 23.2 Å². The number of thiophene rings is 1. The maximum absolute atomic E-state index is 5.94. The van der Waals surface area contributed by atoms with Crippen molar-refractivity contribution in [1.82, 2.24) is 0 Å². The van der Waals surface area contributed by atoms with Gasteiger partial charge in [-0.05, 0) is 36.6 Å². The summed E-state index contributed by atoms with van der Waals surface area (Å²) in [6.07, 6.45) is 0. The third kappa shape index (κ3) is 2.91. The first-order chi connectivity index (χ1) is 7.65. The van der Waals surface area contributed by atoms with E-state index in [1.54, 1.807) is 17.4 Å². The summed E-state index contributed by atoms with van der Waals surface area (Å²) in [4.78, 5) is 1.29. The van der Waals surface area contributed by atoms with Gasteiger partial charge in [-0.3, -0.25) is 0 Å². The zero-order valence-electron chi connectivity index (χ0n) is 8.71. The second-order valence-electron chi connectivity index (χ2n) is 3.54. The lowest BCUT2D eigenvalue weighted by atomic mass is 10.2. The summed E-state index contributed by atoms with van der Waals surface area (Å²) in [5.74, 6) is 0. The molecule has 1 aromatic heterocycles. The molecule has 1 atom stereocenters. The lowest BCUT2D eigenvalue weighted by molar-refractivity contribution is 0.908. The van der Waals surface area contributed by atoms with E-state index in [2.05, 4.69) is 23.7 Å². The van der Waals surface area contributed by atoms with Crippen molar-refractivity contribution in [3.63, 3.8) is 0 Å². The molecule has 4 heteroatoms. The van der Waals surface area contributed by atoms with Crippen LogP contribution >= 0.6 is 34.5 Å². The first-order valence-corrected chi connectivity index (χ1v) is 6.55. The van der Waals surface area contributed by atoms with Crippen molar-refractivity contribution in [1.29, 1.82) is 0 Å². The molecule has 0 saturated heterocycles. The highest BCUT2D eigenvalue weighted by Crippen LogP contribution is 2.27.